The van der Waals surface area contributed by atoms with Crippen molar-refractivity contribution in [2.45, 2.75) is 26.1 Å². The van der Waals surface area contributed by atoms with Crippen molar-refractivity contribution in [2.24, 2.45) is 0 Å². The van der Waals surface area contributed by atoms with Gasteiger partial charge in [0.05, 0.1) is 12.2 Å². The van der Waals surface area contributed by atoms with Crippen LogP contribution in [0, 0.1) is 13.8 Å². The first-order valence-electron chi connectivity index (χ1n) is 7.52. The molecule has 0 bridgehead atoms. The molecule has 22 heavy (non-hydrogen) atoms. The highest BCUT2D eigenvalue weighted by Gasteiger charge is 2.15. The van der Waals surface area contributed by atoms with E-state index >= 15 is 0 Å². The van der Waals surface area contributed by atoms with Gasteiger partial charge in [0, 0.05) is 24.5 Å². The van der Waals surface area contributed by atoms with Crippen molar-refractivity contribution >= 4 is 11.4 Å². The zero-order valence-corrected chi connectivity index (χ0v) is 13.1. The van der Waals surface area contributed by atoms with Gasteiger partial charge in [-0.2, -0.15) is 0 Å². The summed E-state index contributed by atoms with van der Waals surface area (Å²) in [6, 6.07) is 15.8. The van der Waals surface area contributed by atoms with E-state index in [0.717, 1.165) is 22.5 Å². The molecule has 2 aromatic carbocycles. The Morgan fingerprint density at radius 3 is 1.55 bits per heavy atom. The van der Waals surface area contributed by atoms with Crippen LogP contribution in [0.2, 0.25) is 0 Å². The number of rotatable bonds is 7. The largest absolute Gasteiger partial charge is 0.389 e. The molecular weight excluding hydrogens is 276 g/mol. The number of hydrogen-bond donors (Lipinski definition) is 4. The van der Waals surface area contributed by atoms with Crippen molar-refractivity contribution in [3.63, 3.8) is 0 Å². The van der Waals surface area contributed by atoms with Crippen LogP contribution in [0.3, 0.4) is 0 Å². The molecule has 0 heterocycles. The van der Waals surface area contributed by atoms with Crippen LogP contribution in [0.25, 0.3) is 0 Å². The number of anilines is 2. The molecule has 118 valence electrons. The number of nitrogens with one attached hydrogen (secondary N) is 2. The van der Waals surface area contributed by atoms with Gasteiger partial charge in [-0.15, -0.1) is 0 Å². The Morgan fingerprint density at radius 2 is 1.18 bits per heavy atom. The fraction of sp³-hybridized carbons (Fsp3) is 0.333. The second-order valence-electron chi connectivity index (χ2n) is 5.64. The van der Waals surface area contributed by atoms with Gasteiger partial charge in [0.1, 0.15) is 0 Å². The van der Waals surface area contributed by atoms with Crippen molar-refractivity contribution in [1.82, 2.24) is 0 Å². The fourth-order valence-electron chi connectivity index (χ4n) is 2.23. The van der Waals surface area contributed by atoms with Gasteiger partial charge in [0.2, 0.25) is 0 Å². The lowest BCUT2D eigenvalue weighted by atomic mass is 10.1. The van der Waals surface area contributed by atoms with E-state index in [0.29, 0.717) is 13.1 Å². The molecule has 0 aliphatic heterocycles. The van der Waals surface area contributed by atoms with Crippen LogP contribution in [-0.4, -0.2) is 35.5 Å². The summed E-state index contributed by atoms with van der Waals surface area (Å²) in [6.07, 6.45) is -1.67. The molecule has 4 heteroatoms. The van der Waals surface area contributed by atoms with Crippen LogP contribution in [0.4, 0.5) is 11.4 Å². The van der Waals surface area contributed by atoms with E-state index in [1.165, 1.54) is 0 Å². The van der Waals surface area contributed by atoms with Gasteiger partial charge in [-0.3, -0.25) is 0 Å². The molecule has 0 saturated heterocycles. The lowest BCUT2D eigenvalue weighted by Gasteiger charge is -2.20. The molecule has 0 aliphatic carbocycles. The second-order valence-corrected chi connectivity index (χ2v) is 5.64. The molecular formula is C18H24N2O2. The van der Waals surface area contributed by atoms with Crippen LogP contribution in [0.1, 0.15) is 11.1 Å². The Labute approximate surface area is 131 Å². The molecule has 0 spiro atoms. The highest BCUT2D eigenvalue weighted by Crippen LogP contribution is 2.11. The molecule has 0 aromatic heterocycles. The van der Waals surface area contributed by atoms with E-state index in [-0.39, 0.29) is 0 Å². The second kappa shape index (κ2) is 7.82. The maximum absolute atomic E-state index is 10.0. The van der Waals surface area contributed by atoms with Crippen LogP contribution < -0.4 is 10.6 Å². The van der Waals surface area contributed by atoms with E-state index in [4.69, 9.17) is 0 Å². The van der Waals surface area contributed by atoms with Gasteiger partial charge in [-0.05, 0) is 49.2 Å². The predicted octanol–water partition coefficient (Wildman–Crippen LogP) is 2.55. The smallest absolute Gasteiger partial charge is 0.0988 e. The quantitative estimate of drug-likeness (QED) is 0.634. The molecule has 0 amide bonds. The first-order valence-corrected chi connectivity index (χ1v) is 7.52. The number of aliphatic hydroxyl groups is 2. The zero-order chi connectivity index (χ0) is 15.9. The third-order valence-electron chi connectivity index (χ3n) is 3.51. The minimum Gasteiger partial charge on any atom is -0.389 e. The summed E-state index contributed by atoms with van der Waals surface area (Å²) in [5.41, 5.74) is 4.19. The summed E-state index contributed by atoms with van der Waals surface area (Å²) in [4.78, 5) is 0. The van der Waals surface area contributed by atoms with Gasteiger partial charge in [0.15, 0.2) is 0 Å². The maximum atomic E-state index is 10.0. The molecule has 0 unspecified atom stereocenters. The average molecular weight is 300 g/mol. The standard InChI is InChI=1S/C18H24N2O2/c1-13-5-3-7-15(9-13)19-11-17(21)18(22)12-20-16-8-4-6-14(2)10-16/h3-10,17-22H,11-12H2,1-2H3/t17-,18-/m0/s1. The highest BCUT2D eigenvalue weighted by molar-refractivity contribution is 5.46. The lowest BCUT2D eigenvalue weighted by Crippen LogP contribution is -2.37. The monoisotopic (exact) mass is 300 g/mol. The Kier molecular flexibility index (Phi) is 5.81. The first kappa shape index (κ1) is 16.3. The summed E-state index contributed by atoms with van der Waals surface area (Å²) >= 11 is 0. The Morgan fingerprint density at radius 1 is 0.773 bits per heavy atom. The number of benzene rings is 2. The summed E-state index contributed by atoms with van der Waals surface area (Å²) in [5.74, 6) is 0. The minimum absolute atomic E-state index is 0.306. The van der Waals surface area contributed by atoms with E-state index in [2.05, 4.69) is 10.6 Å². The Bertz CT molecular complexity index is 548. The molecule has 0 saturated carbocycles. The zero-order valence-electron chi connectivity index (χ0n) is 13.1. The summed E-state index contributed by atoms with van der Waals surface area (Å²) in [6.45, 7) is 4.64. The SMILES string of the molecule is Cc1cccc(NC[C@H](O)[C@@H](O)CNc2cccc(C)c2)c1. The van der Waals surface area contributed by atoms with Gasteiger partial charge >= 0.3 is 0 Å². The minimum atomic E-state index is -0.835. The van der Waals surface area contributed by atoms with Gasteiger partial charge in [-0.25, -0.2) is 0 Å². The Hall–Kier alpha value is -2.04. The molecule has 4 nitrogen and oxygen atoms in total. The summed E-state index contributed by atoms with van der Waals surface area (Å²) in [7, 11) is 0. The van der Waals surface area contributed by atoms with E-state index in [1.54, 1.807) is 0 Å². The van der Waals surface area contributed by atoms with Crippen LogP contribution >= 0.6 is 0 Å². The Balaban J connectivity index is 1.78. The molecule has 0 fully saturated rings. The van der Waals surface area contributed by atoms with Crippen molar-refractivity contribution in [1.29, 1.82) is 0 Å². The highest BCUT2D eigenvalue weighted by atomic mass is 16.3. The van der Waals surface area contributed by atoms with Crippen LogP contribution in [-0.2, 0) is 0 Å². The van der Waals surface area contributed by atoms with Crippen molar-refractivity contribution in [3.8, 4) is 0 Å². The molecule has 0 radical (unpaired) electrons. The normalized spacial score (nSPS) is 13.5. The number of hydrogen-bond acceptors (Lipinski definition) is 4. The third-order valence-corrected chi connectivity index (χ3v) is 3.51. The van der Waals surface area contributed by atoms with Crippen molar-refractivity contribution in [3.05, 3.63) is 59.7 Å². The average Bonchev–Trinajstić information content (AvgIpc) is 2.50. The fourth-order valence-corrected chi connectivity index (χ4v) is 2.23. The van der Waals surface area contributed by atoms with Crippen LogP contribution in [0.5, 0.6) is 0 Å². The van der Waals surface area contributed by atoms with E-state index in [1.807, 2.05) is 62.4 Å². The topological polar surface area (TPSA) is 64.5 Å². The summed E-state index contributed by atoms with van der Waals surface area (Å²) in [5, 5.41) is 26.3. The third kappa shape index (κ3) is 5.06. The van der Waals surface area contributed by atoms with Crippen molar-refractivity contribution < 1.29 is 10.2 Å². The molecule has 4 N–H and O–H groups in total. The molecule has 2 rings (SSSR count). The van der Waals surface area contributed by atoms with Gasteiger partial charge in [0.25, 0.3) is 0 Å². The van der Waals surface area contributed by atoms with Gasteiger partial charge < -0.3 is 20.8 Å². The summed E-state index contributed by atoms with van der Waals surface area (Å²) < 4.78 is 0. The number of aryl methyl sites for hydroxylation is 2. The van der Waals surface area contributed by atoms with Crippen LogP contribution in [0.15, 0.2) is 48.5 Å². The maximum Gasteiger partial charge on any atom is 0.0988 e. The predicted molar refractivity (Wildman–Crippen MR) is 91.4 cm³/mol. The van der Waals surface area contributed by atoms with Crippen molar-refractivity contribution in [2.75, 3.05) is 23.7 Å². The molecule has 2 aromatic rings. The molecule has 2 atom stereocenters. The first-order chi connectivity index (χ1) is 10.5. The van der Waals surface area contributed by atoms with E-state index in [9.17, 15) is 10.2 Å². The molecule has 0 aliphatic rings. The van der Waals surface area contributed by atoms with E-state index < -0.39 is 12.2 Å². The number of aliphatic hydroxyl groups excluding tert-OH is 2. The lowest BCUT2D eigenvalue weighted by molar-refractivity contribution is 0.0363. The van der Waals surface area contributed by atoms with Gasteiger partial charge in [-0.1, -0.05) is 24.3 Å².